The van der Waals surface area contributed by atoms with Crippen molar-refractivity contribution in [3.63, 3.8) is 0 Å². The second-order valence-electron chi connectivity index (χ2n) is 9.48. The lowest BCUT2D eigenvalue weighted by Crippen LogP contribution is -2.47. The average molecular weight is 461 g/mol. The van der Waals surface area contributed by atoms with Crippen molar-refractivity contribution in [2.24, 2.45) is 5.92 Å². The summed E-state index contributed by atoms with van der Waals surface area (Å²) in [5.41, 5.74) is 0.452. The van der Waals surface area contributed by atoms with Gasteiger partial charge in [-0.25, -0.2) is 0 Å². The van der Waals surface area contributed by atoms with E-state index in [0.717, 1.165) is 57.2 Å². The molecular weight excluding hydrogens is 432 g/mol. The van der Waals surface area contributed by atoms with Crippen LogP contribution in [0.25, 0.3) is 0 Å². The van der Waals surface area contributed by atoms with E-state index >= 15 is 0 Å². The number of nitriles is 1. The number of benzene rings is 1. The highest BCUT2D eigenvalue weighted by Gasteiger charge is 2.46. The van der Waals surface area contributed by atoms with E-state index in [1.165, 1.54) is 12.8 Å². The van der Waals surface area contributed by atoms with Crippen LogP contribution in [0, 0.1) is 17.2 Å². The molecule has 3 unspecified atom stereocenters. The van der Waals surface area contributed by atoms with Crippen LogP contribution in [0.2, 0.25) is 5.02 Å². The lowest BCUT2D eigenvalue weighted by Gasteiger charge is -2.36. The number of nitrogens with zero attached hydrogens (tertiary/aromatic N) is 3. The van der Waals surface area contributed by atoms with Crippen molar-refractivity contribution >= 4 is 34.0 Å². The van der Waals surface area contributed by atoms with Crippen molar-refractivity contribution in [3.05, 3.63) is 23.2 Å². The van der Waals surface area contributed by atoms with E-state index in [4.69, 9.17) is 11.6 Å². The maximum atomic E-state index is 13.2. The number of anilines is 1. The van der Waals surface area contributed by atoms with E-state index in [0.29, 0.717) is 22.8 Å². The van der Waals surface area contributed by atoms with Crippen LogP contribution in [0.15, 0.2) is 23.1 Å². The summed E-state index contributed by atoms with van der Waals surface area (Å²) in [6, 6.07) is 8.90. The van der Waals surface area contributed by atoms with Crippen LogP contribution >= 0.6 is 11.6 Å². The molecule has 1 aromatic carbocycles. The lowest BCUT2D eigenvalue weighted by atomic mass is 10.1. The molecule has 166 valence electrons. The molecule has 8 heteroatoms. The molecule has 0 radical (unpaired) electrons. The molecule has 3 saturated carbocycles. The van der Waals surface area contributed by atoms with Gasteiger partial charge in [0, 0.05) is 49.1 Å². The maximum Gasteiger partial charge on any atom is 0.224 e. The van der Waals surface area contributed by atoms with Crippen LogP contribution < -0.4 is 10.2 Å². The minimum atomic E-state index is -1.24. The Morgan fingerprint density at radius 1 is 1.16 bits per heavy atom. The number of carbonyl (C=O) groups excluding carboxylic acids is 1. The molecule has 31 heavy (non-hydrogen) atoms. The van der Waals surface area contributed by atoms with Crippen molar-refractivity contribution in [2.75, 3.05) is 31.1 Å². The van der Waals surface area contributed by atoms with Gasteiger partial charge >= 0.3 is 0 Å². The summed E-state index contributed by atoms with van der Waals surface area (Å²) in [4.78, 5) is 18.1. The van der Waals surface area contributed by atoms with Gasteiger partial charge < -0.3 is 10.2 Å². The van der Waals surface area contributed by atoms with Crippen LogP contribution in [0.1, 0.15) is 44.9 Å². The first-order chi connectivity index (χ1) is 15.0. The molecule has 5 rings (SSSR count). The number of piperazine rings is 1. The zero-order chi connectivity index (χ0) is 21.6. The quantitative estimate of drug-likeness (QED) is 0.706. The Morgan fingerprint density at radius 3 is 2.52 bits per heavy atom. The number of nitrogens with one attached hydrogen (secondary N) is 1. The van der Waals surface area contributed by atoms with E-state index in [-0.39, 0.29) is 17.1 Å². The van der Waals surface area contributed by atoms with Crippen LogP contribution in [-0.4, -0.2) is 58.0 Å². The van der Waals surface area contributed by atoms with Crippen molar-refractivity contribution in [3.8, 4) is 6.07 Å². The van der Waals surface area contributed by atoms with Gasteiger partial charge in [-0.05, 0) is 63.1 Å². The Hall–Kier alpha value is -1.62. The van der Waals surface area contributed by atoms with Crippen molar-refractivity contribution in [2.45, 2.75) is 66.7 Å². The second kappa shape index (κ2) is 8.38. The maximum absolute atomic E-state index is 13.2. The number of hydrogen-bond donors (Lipinski definition) is 1. The molecule has 0 bridgehead atoms. The van der Waals surface area contributed by atoms with Crippen molar-refractivity contribution in [1.82, 2.24) is 10.2 Å². The molecule has 0 aromatic heterocycles. The molecule has 1 amide bonds. The van der Waals surface area contributed by atoms with E-state index in [1.807, 2.05) is 18.2 Å². The molecule has 1 saturated heterocycles. The van der Waals surface area contributed by atoms with Crippen molar-refractivity contribution < 1.29 is 9.00 Å². The number of amides is 1. The fourth-order valence-corrected chi connectivity index (χ4v) is 6.89. The monoisotopic (exact) mass is 460 g/mol. The Labute approximate surface area is 191 Å². The first-order valence-corrected chi connectivity index (χ1v) is 13.0. The molecular formula is C23H29ClN4O2S. The summed E-state index contributed by atoms with van der Waals surface area (Å²) in [5.74, 6) is -0.231. The zero-order valence-electron chi connectivity index (χ0n) is 17.7. The molecule has 4 aliphatic rings. The summed E-state index contributed by atoms with van der Waals surface area (Å²) < 4.78 is 13.2. The lowest BCUT2D eigenvalue weighted by molar-refractivity contribution is -0.125. The van der Waals surface area contributed by atoms with Crippen LogP contribution in [0.4, 0.5) is 5.69 Å². The predicted molar refractivity (Wildman–Crippen MR) is 122 cm³/mol. The van der Waals surface area contributed by atoms with Crippen LogP contribution in [0.3, 0.4) is 0 Å². The standard InChI is InChI=1S/C23H29ClN4O2S/c24-20-14-18(28-11-9-27(10-12-28)17-2-3-17)4-6-21(20)31(30)19-5-1-16(13-19)22(29)26-23(15-25)7-8-23/h4,6,14,16-17,19H,1-3,5,7-13H2,(H,26,29). The SMILES string of the molecule is N#CC1(NC(=O)C2CCC(S(=O)c3ccc(N4CCN(C5CC5)CC4)cc3Cl)C2)CC1. The smallest absolute Gasteiger partial charge is 0.224 e. The Balaban J connectivity index is 1.19. The minimum Gasteiger partial charge on any atom is -0.369 e. The highest BCUT2D eigenvalue weighted by atomic mass is 35.5. The fraction of sp³-hybridized carbons (Fsp3) is 0.652. The zero-order valence-corrected chi connectivity index (χ0v) is 19.3. The first kappa shape index (κ1) is 21.2. The number of hydrogen-bond acceptors (Lipinski definition) is 5. The van der Waals surface area contributed by atoms with Gasteiger partial charge in [-0.15, -0.1) is 0 Å². The number of carbonyl (C=O) groups is 1. The van der Waals surface area contributed by atoms with Gasteiger partial charge in [0.1, 0.15) is 5.54 Å². The van der Waals surface area contributed by atoms with Crippen LogP contribution in [-0.2, 0) is 15.6 Å². The summed E-state index contributed by atoms with van der Waals surface area (Å²) in [6.45, 7) is 4.18. The van der Waals surface area contributed by atoms with Gasteiger partial charge in [-0.2, -0.15) is 5.26 Å². The van der Waals surface area contributed by atoms with E-state index in [1.54, 1.807) is 0 Å². The molecule has 1 heterocycles. The van der Waals surface area contributed by atoms with Gasteiger partial charge in [0.05, 0.1) is 26.8 Å². The molecule has 4 fully saturated rings. The predicted octanol–water partition coefficient (Wildman–Crippen LogP) is 3.07. The van der Waals surface area contributed by atoms with Gasteiger partial charge in [0.15, 0.2) is 0 Å². The minimum absolute atomic E-state index is 0.0645. The average Bonchev–Trinajstić information content (AvgIpc) is 3.72. The molecule has 3 aliphatic carbocycles. The first-order valence-electron chi connectivity index (χ1n) is 11.4. The highest BCUT2D eigenvalue weighted by molar-refractivity contribution is 7.85. The molecule has 3 atom stereocenters. The van der Waals surface area contributed by atoms with Crippen LogP contribution in [0.5, 0.6) is 0 Å². The Morgan fingerprint density at radius 2 is 1.90 bits per heavy atom. The highest BCUT2D eigenvalue weighted by Crippen LogP contribution is 2.38. The Bertz CT molecular complexity index is 932. The Kier molecular flexibility index (Phi) is 5.74. The number of halogens is 1. The molecule has 1 N–H and O–H groups in total. The van der Waals surface area contributed by atoms with Gasteiger partial charge in [0.2, 0.25) is 5.91 Å². The van der Waals surface area contributed by atoms with Gasteiger partial charge in [-0.1, -0.05) is 11.6 Å². The van der Waals surface area contributed by atoms with Gasteiger partial charge in [0.25, 0.3) is 0 Å². The van der Waals surface area contributed by atoms with Gasteiger partial charge in [-0.3, -0.25) is 13.9 Å². The third-order valence-corrected chi connectivity index (χ3v) is 9.51. The summed E-state index contributed by atoms with van der Waals surface area (Å²) in [5, 5.41) is 12.6. The van der Waals surface area contributed by atoms with E-state index in [9.17, 15) is 14.3 Å². The molecule has 6 nitrogen and oxygen atoms in total. The molecule has 1 aliphatic heterocycles. The topological polar surface area (TPSA) is 76.4 Å². The normalized spacial score (nSPS) is 28.7. The summed E-state index contributed by atoms with van der Waals surface area (Å²) in [7, 11) is -1.24. The molecule has 0 spiro atoms. The van der Waals surface area contributed by atoms with E-state index in [2.05, 4.69) is 21.2 Å². The summed E-state index contributed by atoms with van der Waals surface area (Å²) >= 11 is 6.58. The largest absolute Gasteiger partial charge is 0.369 e. The van der Waals surface area contributed by atoms with Crippen molar-refractivity contribution in [1.29, 1.82) is 5.26 Å². The molecule has 1 aromatic rings. The fourth-order valence-electron chi connectivity index (χ4n) is 4.91. The number of rotatable bonds is 6. The van der Waals surface area contributed by atoms with E-state index < -0.39 is 16.3 Å². The second-order valence-corrected chi connectivity index (χ2v) is 11.6. The summed E-state index contributed by atoms with van der Waals surface area (Å²) in [6.07, 6.45) is 6.19. The third kappa shape index (κ3) is 4.48. The third-order valence-electron chi connectivity index (χ3n) is 7.26.